The van der Waals surface area contributed by atoms with Gasteiger partial charge < -0.3 is 14.6 Å². The number of aliphatic hydroxyl groups excluding tert-OH is 1. The van der Waals surface area contributed by atoms with Gasteiger partial charge in [0.2, 0.25) is 0 Å². The van der Waals surface area contributed by atoms with E-state index in [1.165, 1.54) is 0 Å². The minimum atomic E-state index is -0.465. The normalized spacial score (nSPS) is 31.9. The quantitative estimate of drug-likeness (QED) is 0.835. The number of rotatable bonds is 7. The smallest absolute Gasteiger partial charge is 0.162 e. The van der Waals surface area contributed by atoms with Gasteiger partial charge in [0.25, 0.3) is 0 Å². The number of methoxy groups -OCH3 is 1. The van der Waals surface area contributed by atoms with Crippen molar-refractivity contribution in [3.63, 3.8) is 0 Å². The van der Waals surface area contributed by atoms with Crippen LogP contribution < -0.4 is 4.74 Å². The summed E-state index contributed by atoms with van der Waals surface area (Å²) in [6.45, 7) is 0.569. The molecule has 0 aromatic heterocycles. The number of allylic oxidation sites excluding steroid dienone is 2. The van der Waals surface area contributed by atoms with Crippen molar-refractivity contribution in [1.29, 1.82) is 0 Å². The van der Waals surface area contributed by atoms with E-state index >= 15 is 0 Å². The van der Waals surface area contributed by atoms with Crippen molar-refractivity contribution in [3.8, 4) is 5.75 Å². The molecule has 1 saturated carbocycles. The van der Waals surface area contributed by atoms with Crippen LogP contribution >= 0.6 is 0 Å². The molecule has 0 heterocycles. The maximum Gasteiger partial charge on any atom is 0.162 e. The average Bonchev–Trinajstić information content (AvgIpc) is 2.94. The molecule has 0 spiro atoms. The molecule has 0 radical (unpaired) electrons. The Labute approximate surface area is 143 Å². The summed E-state index contributed by atoms with van der Waals surface area (Å²) in [6.07, 6.45) is 6.83. The summed E-state index contributed by atoms with van der Waals surface area (Å²) >= 11 is 0. The molecule has 2 aliphatic rings. The fraction of sp³-hybridized carbons (Fsp3) is 0.550. The zero-order valence-electron chi connectivity index (χ0n) is 14.2. The number of ether oxygens (including phenoxy) is 2. The standard InChI is InChI=1S/C20H26O4/c1-23-18-13-15-7-5-10-19(22)20(15,11-6-12-21)17(18)14-24-16-8-3-2-4-9-16/h2-5,8-10,15,17-18,21H,6-7,11-14H2,1H3/t15-,17-,18+,20-/m0/s1. The molecule has 2 aliphatic carbocycles. The minimum absolute atomic E-state index is 0.0108. The van der Waals surface area contributed by atoms with Gasteiger partial charge in [0.15, 0.2) is 5.78 Å². The second-order valence-corrected chi connectivity index (χ2v) is 6.81. The van der Waals surface area contributed by atoms with Gasteiger partial charge in [-0.05, 0) is 49.8 Å². The third-order valence-electron chi connectivity index (χ3n) is 5.73. The number of benzene rings is 1. The molecule has 130 valence electrons. The summed E-state index contributed by atoms with van der Waals surface area (Å²) < 4.78 is 11.7. The van der Waals surface area contributed by atoms with Gasteiger partial charge in [0.05, 0.1) is 12.7 Å². The van der Waals surface area contributed by atoms with Gasteiger partial charge in [-0.1, -0.05) is 24.3 Å². The third-order valence-corrected chi connectivity index (χ3v) is 5.73. The largest absolute Gasteiger partial charge is 0.493 e. The molecule has 4 heteroatoms. The van der Waals surface area contributed by atoms with Crippen LogP contribution in [-0.4, -0.2) is 37.3 Å². The topological polar surface area (TPSA) is 55.8 Å². The fourth-order valence-corrected chi connectivity index (χ4v) is 4.58. The van der Waals surface area contributed by atoms with Crippen LogP contribution in [0.3, 0.4) is 0 Å². The van der Waals surface area contributed by atoms with E-state index in [-0.39, 0.29) is 30.3 Å². The molecule has 0 amide bonds. The summed E-state index contributed by atoms with van der Waals surface area (Å²) in [5.41, 5.74) is -0.465. The molecule has 4 atom stereocenters. The summed E-state index contributed by atoms with van der Waals surface area (Å²) in [4.78, 5) is 12.9. The number of ketones is 1. The molecular formula is C20H26O4. The van der Waals surface area contributed by atoms with Crippen LogP contribution in [0.2, 0.25) is 0 Å². The zero-order valence-corrected chi connectivity index (χ0v) is 14.2. The van der Waals surface area contributed by atoms with Crippen molar-refractivity contribution in [3.05, 3.63) is 42.5 Å². The van der Waals surface area contributed by atoms with Gasteiger partial charge in [-0.25, -0.2) is 0 Å². The van der Waals surface area contributed by atoms with E-state index in [9.17, 15) is 9.90 Å². The first kappa shape index (κ1) is 17.2. The van der Waals surface area contributed by atoms with Crippen molar-refractivity contribution >= 4 is 5.78 Å². The lowest BCUT2D eigenvalue weighted by atomic mass is 9.63. The Balaban J connectivity index is 1.86. The lowest BCUT2D eigenvalue weighted by Crippen LogP contribution is -2.45. The molecule has 3 rings (SSSR count). The first-order valence-electron chi connectivity index (χ1n) is 8.75. The molecule has 1 N–H and O–H groups in total. The summed E-state index contributed by atoms with van der Waals surface area (Å²) in [6, 6.07) is 9.69. The molecular weight excluding hydrogens is 304 g/mol. The Bertz CT molecular complexity index is 583. The van der Waals surface area contributed by atoms with Crippen molar-refractivity contribution < 1.29 is 19.4 Å². The second kappa shape index (κ2) is 7.49. The number of carbonyl (C=O) groups excluding carboxylic acids is 1. The summed E-state index contributed by atoms with van der Waals surface area (Å²) in [7, 11) is 1.72. The molecule has 0 aliphatic heterocycles. The van der Waals surface area contributed by atoms with E-state index in [1.807, 2.05) is 36.4 Å². The van der Waals surface area contributed by atoms with Crippen LogP contribution in [0.5, 0.6) is 5.75 Å². The Hall–Kier alpha value is -1.65. The Morgan fingerprint density at radius 2 is 2.08 bits per heavy atom. The van der Waals surface area contributed by atoms with E-state index in [0.29, 0.717) is 19.4 Å². The van der Waals surface area contributed by atoms with E-state index in [2.05, 4.69) is 0 Å². The minimum Gasteiger partial charge on any atom is -0.493 e. The van der Waals surface area contributed by atoms with Crippen LogP contribution in [0.1, 0.15) is 25.7 Å². The van der Waals surface area contributed by atoms with Crippen molar-refractivity contribution in [2.75, 3.05) is 20.3 Å². The highest BCUT2D eigenvalue weighted by Gasteiger charge is 2.59. The Morgan fingerprint density at radius 3 is 2.79 bits per heavy atom. The number of para-hydroxylation sites is 1. The maximum atomic E-state index is 12.9. The zero-order chi connectivity index (χ0) is 17.0. The van der Waals surface area contributed by atoms with E-state index in [0.717, 1.165) is 18.6 Å². The van der Waals surface area contributed by atoms with Gasteiger partial charge in [-0.3, -0.25) is 4.79 Å². The Kier molecular flexibility index (Phi) is 5.36. The molecule has 1 aromatic carbocycles. The molecule has 1 fully saturated rings. The van der Waals surface area contributed by atoms with Crippen molar-refractivity contribution in [1.82, 2.24) is 0 Å². The highest BCUT2D eigenvalue weighted by atomic mass is 16.5. The summed E-state index contributed by atoms with van der Waals surface area (Å²) in [5.74, 6) is 1.27. The van der Waals surface area contributed by atoms with E-state index < -0.39 is 5.41 Å². The van der Waals surface area contributed by atoms with Crippen LogP contribution in [-0.2, 0) is 9.53 Å². The highest BCUT2D eigenvalue weighted by molar-refractivity contribution is 5.96. The molecule has 0 unspecified atom stereocenters. The average molecular weight is 330 g/mol. The predicted molar refractivity (Wildman–Crippen MR) is 91.8 cm³/mol. The number of fused-ring (bicyclic) bond motifs is 1. The lowest BCUT2D eigenvalue weighted by molar-refractivity contribution is -0.132. The predicted octanol–water partition coefficient (Wildman–Crippen LogP) is 3.00. The maximum absolute atomic E-state index is 12.9. The van der Waals surface area contributed by atoms with Crippen LogP contribution in [0.15, 0.2) is 42.5 Å². The lowest BCUT2D eigenvalue weighted by Gasteiger charge is -2.40. The highest BCUT2D eigenvalue weighted by Crippen LogP contribution is 2.55. The molecule has 4 nitrogen and oxygen atoms in total. The van der Waals surface area contributed by atoms with Gasteiger partial charge in [0, 0.05) is 25.0 Å². The van der Waals surface area contributed by atoms with E-state index in [1.54, 1.807) is 13.2 Å². The first-order valence-corrected chi connectivity index (χ1v) is 8.75. The number of aliphatic hydroxyl groups is 1. The van der Waals surface area contributed by atoms with Gasteiger partial charge in [0.1, 0.15) is 5.75 Å². The van der Waals surface area contributed by atoms with Crippen LogP contribution in [0.4, 0.5) is 0 Å². The van der Waals surface area contributed by atoms with Crippen LogP contribution in [0, 0.1) is 17.3 Å². The van der Waals surface area contributed by atoms with Gasteiger partial charge >= 0.3 is 0 Å². The van der Waals surface area contributed by atoms with Crippen LogP contribution in [0.25, 0.3) is 0 Å². The van der Waals surface area contributed by atoms with Crippen molar-refractivity contribution in [2.45, 2.75) is 31.8 Å². The van der Waals surface area contributed by atoms with E-state index in [4.69, 9.17) is 9.47 Å². The number of hydrogen-bond donors (Lipinski definition) is 1. The number of hydrogen-bond acceptors (Lipinski definition) is 4. The fourth-order valence-electron chi connectivity index (χ4n) is 4.58. The summed E-state index contributed by atoms with van der Waals surface area (Å²) in [5, 5.41) is 9.33. The van der Waals surface area contributed by atoms with Gasteiger partial charge in [-0.2, -0.15) is 0 Å². The second-order valence-electron chi connectivity index (χ2n) is 6.81. The third kappa shape index (κ3) is 3.01. The Morgan fingerprint density at radius 1 is 1.29 bits per heavy atom. The monoisotopic (exact) mass is 330 g/mol. The number of carbonyl (C=O) groups is 1. The van der Waals surface area contributed by atoms with Gasteiger partial charge in [-0.15, -0.1) is 0 Å². The molecule has 24 heavy (non-hydrogen) atoms. The molecule has 0 bridgehead atoms. The SMILES string of the molecule is CO[C@@H]1C[C@@H]2CC=CC(=O)[C@]2(CCCO)[C@H]1COc1ccccc1. The molecule has 1 aromatic rings. The van der Waals surface area contributed by atoms with Crippen molar-refractivity contribution in [2.24, 2.45) is 17.3 Å². The molecule has 0 saturated heterocycles. The first-order chi connectivity index (χ1) is 11.7.